The smallest absolute Gasteiger partial charge is 0.409 e. The predicted octanol–water partition coefficient (Wildman–Crippen LogP) is 1.36. The molecule has 0 bridgehead atoms. The Bertz CT molecular complexity index is 368. The molecule has 0 aromatic rings. The highest BCUT2D eigenvalue weighted by molar-refractivity contribution is 5.68. The normalized spacial score (nSPS) is 14.8. The van der Waals surface area contributed by atoms with Gasteiger partial charge in [-0.3, -0.25) is 4.79 Å². The van der Waals surface area contributed by atoms with Crippen molar-refractivity contribution in [3.63, 3.8) is 0 Å². The molecular weight excluding hydrogens is 276 g/mol. The van der Waals surface area contributed by atoms with Crippen molar-refractivity contribution < 1.29 is 23.9 Å². The number of amides is 2. The molecule has 2 atom stereocenters. The summed E-state index contributed by atoms with van der Waals surface area (Å²) >= 11 is 0. The van der Waals surface area contributed by atoms with Gasteiger partial charge in [0, 0.05) is 25.4 Å². The molecule has 0 aromatic carbocycles. The first-order valence-electron chi connectivity index (χ1n) is 6.85. The number of aldehydes is 1. The molecule has 2 unspecified atom stereocenters. The minimum Gasteiger partial charge on any atom is -0.418 e. The van der Waals surface area contributed by atoms with E-state index in [1.807, 2.05) is 13.8 Å². The van der Waals surface area contributed by atoms with Crippen molar-refractivity contribution in [1.82, 2.24) is 10.6 Å². The van der Waals surface area contributed by atoms with Crippen molar-refractivity contribution in [3.05, 3.63) is 0 Å². The summed E-state index contributed by atoms with van der Waals surface area (Å²) in [5.74, 6) is -1.21. The summed E-state index contributed by atoms with van der Waals surface area (Å²) < 4.78 is 10.4. The molecular formula is C14H26N2O5. The van der Waals surface area contributed by atoms with Crippen LogP contribution in [0, 0.1) is 0 Å². The second kappa shape index (κ2) is 7.97. The number of carbonyl (C=O) groups excluding carboxylic acids is 3. The maximum atomic E-state index is 11.8. The molecule has 7 nitrogen and oxygen atoms in total. The fourth-order valence-electron chi connectivity index (χ4n) is 1.99. The van der Waals surface area contributed by atoms with Crippen LogP contribution in [0.2, 0.25) is 0 Å². The first kappa shape index (κ1) is 19.4. The average Bonchev–Trinajstić information content (AvgIpc) is 2.25. The lowest BCUT2D eigenvalue weighted by Crippen LogP contribution is -2.47. The predicted molar refractivity (Wildman–Crippen MR) is 77.7 cm³/mol. The van der Waals surface area contributed by atoms with E-state index < -0.39 is 23.5 Å². The third kappa shape index (κ3) is 9.01. The van der Waals surface area contributed by atoms with Gasteiger partial charge in [-0.15, -0.1) is 0 Å². The monoisotopic (exact) mass is 302 g/mol. The van der Waals surface area contributed by atoms with E-state index in [9.17, 15) is 14.4 Å². The van der Waals surface area contributed by atoms with Gasteiger partial charge in [-0.2, -0.15) is 0 Å². The molecule has 0 aromatic heterocycles. The quantitative estimate of drug-likeness (QED) is 0.495. The lowest BCUT2D eigenvalue weighted by molar-refractivity contribution is -0.197. The number of alkyl carbamates (subject to hydrolysis) is 1. The molecule has 0 aliphatic carbocycles. The number of hydrogen-bond donors (Lipinski definition) is 2. The van der Waals surface area contributed by atoms with Crippen molar-refractivity contribution in [2.24, 2.45) is 0 Å². The summed E-state index contributed by atoms with van der Waals surface area (Å²) in [6, 6.07) is -0.209. The molecule has 122 valence electrons. The second-order valence-corrected chi connectivity index (χ2v) is 6.14. The number of carbonyl (C=O) groups is 3. The molecule has 0 aliphatic rings. The Hall–Kier alpha value is -1.63. The van der Waals surface area contributed by atoms with Crippen molar-refractivity contribution in [2.45, 2.75) is 71.4 Å². The highest BCUT2D eigenvalue weighted by Gasteiger charge is 2.28. The van der Waals surface area contributed by atoms with Crippen LogP contribution in [0.15, 0.2) is 0 Å². The molecule has 0 saturated heterocycles. The molecule has 0 heterocycles. The number of ether oxygens (including phenoxy) is 2. The molecule has 21 heavy (non-hydrogen) atoms. The Labute approximate surface area is 125 Å². The summed E-state index contributed by atoms with van der Waals surface area (Å²) in [5, 5.41) is 5.33. The number of rotatable bonds is 9. The van der Waals surface area contributed by atoms with Crippen LogP contribution in [0.25, 0.3) is 0 Å². The van der Waals surface area contributed by atoms with Gasteiger partial charge in [-0.05, 0) is 34.1 Å². The molecule has 2 N–H and O–H groups in total. The van der Waals surface area contributed by atoms with Crippen molar-refractivity contribution >= 4 is 18.8 Å². The first-order chi connectivity index (χ1) is 9.51. The van der Waals surface area contributed by atoms with Crippen LogP contribution in [0.3, 0.4) is 0 Å². The maximum absolute atomic E-state index is 11.8. The largest absolute Gasteiger partial charge is 0.418 e. The second-order valence-electron chi connectivity index (χ2n) is 6.14. The Morgan fingerprint density at radius 2 is 1.76 bits per heavy atom. The van der Waals surface area contributed by atoms with Crippen LogP contribution in [0.5, 0.6) is 0 Å². The lowest BCUT2D eigenvalue weighted by atomic mass is 9.96. The molecule has 7 heteroatoms. The zero-order chi connectivity index (χ0) is 16.7. The third-order valence-electron chi connectivity index (χ3n) is 2.63. The van der Waals surface area contributed by atoms with Gasteiger partial charge in [0.1, 0.15) is 12.4 Å². The van der Waals surface area contributed by atoms with Gasteiger partial charge < -0.3 is 24.9 Å². The fraction of sp³-hybridized carbons (Fsp3) is 0.786. The number of hydrogen-bond acceptors (Lipinski definition) is 5. The summed E-state index contributed by atoms with van der Waals surface area (Å²) in [5.41, 5.74) is -0.438. The van der Waals surface area contributed by atoms with Gasteiger partial charge in [0.25, 0.3) is 0 Å². The molecule has 2 amide bonds. The Morgan fingerprint density at radius 1 is 1.19 bits per heavy atom. The van der Waals surface area contributed by atoms with E-state index in [0.717, 1.165) is 0 Å². The summed E-state index contributed by atoms with van der Waals surface area (Å²) in [6.45, 7) is 10.2. The third-order valence-corrected chi connectivity index (χ3v) is 2.63. The van der Waals surface area contributed by atoms with Gasteiger partial charge in [-0.25, -0.2) is 4.79 Å². The zero-order valence-electron chi connectivity index (χ0n) is 13.6. The molecule has 0 saturated carbocycles. The topological polar surface area (TPSA) is 93.7 Å². The molecule has 0 spiro atoms. The van der Waals surface area contributed by atoms with Crippen LogP contribution in [0.1, 0.15) is 48.0 Å². The lowest BCUT2D eigenvalue weighted by Gasteiger charge is -2.30. The zero-order valence-corrected chi connectivity index (χ0v) is 13.6. The van der Waals surface area contributed by atoms with E-state index in [-0.39, 0.29) is 6.04 Å². The first-order valence-corrected chi connectivity index (χ1v) is 6.85. The van der Waals surface area contributed by atoms with Gasteiger partial charge >= 0.3 is 6.09 Å². The van der Waals surface area contributed by atoms with E-state index in [1.165, 1.54) is 0 Å². The van der Waals surface area contributed by atoms with Crippen LogP contribution >= 0.6 is 0 Å². The SMILES string of the molecule is CC(CC(C)(C)NC=O)NC(=O)OC(C)(C)OC(C)C=O. The van der Waals surface area contributed by atoms with Crippen LogP contribution < -0.4 is 10.6 Å². The maximum Gasteiger partial charge on any atom is 0.409 e. The average molecular weight is 302 g/mol. The van der Waals surface area contributed by atoms with E-state index in [2.05, 4.69) is 10.6 Å². The van der Waals surface area contributed by atoms with Gasteiger partial charge in [-0.1, -0.05) is 0 Å². The Kier molecular flexibility index (Phi) is 7.35. The van der Waals surface area contributed by atoms with Crippen LogP contribution in [0.4, 0.5) is 4.79 Å². The van der Waals surface area contributed by atoms with Crippen molar-refractivity contribution in [1.29, 1.82) is 0 Å². The minimum absolute atomic E-state index is 0.209. The van der Waals surface area contributed by atoms with Crippen molar-refractivity contribution in [2.75, 3.05) is 0 Å². The molecule has 0 aliphatic heterocycles. The van der Waals surface area contributed by atoms with Gasteiger partial charge in [0.05, 0.1) is 0 Å². The van der Waals surface area contributed by atoms with Crippen LogP contribution in [-0.2, 0) is 19.1 Å². The van der Waals surface area contributed by atoms with E-state index >= 15 is 0 Å². The molecule has 0 fully saturated rings. The number of nitrogens with one attached hydrogen (secondary N) is 2. The minimum atomic E-state index is -1.21. The van der Waals surface area contributed by atoms with Gasteiger partial charge in [0.2, 0.25) is 12.2 Å². The van der Waals surface area contributed by atoms with E-state index in [1.54, 1.807) is 27.7 Å². The van der Waals surface area contributed by atoms with E-state index in [0.29, 0.717) is 19.1 Å². The summed E-state index contributed by atoms with van der Waals surface area (Å²) in [6.07, 6.45) is 0.475. The Balaban J connectivity index is 4.36. The molecule has 0 rings (SSSR count). The highest BCUT2D eigenvalue weighted by Crippen LogP contribution is 2.15. The van der Waals surface area contributed by atoms with Crippen molar-refractivity contribution in [3.8, 4) is 0 Å². The summed E-state index contributed by atoms with van der Waals surface area (Å²) in [7, 11) is 0. The Morgan fingerprint density at radius 3 is 2.24 bits per heavy atom. The molecule has 0 radical (unpaired) electrons. The standard InChI is InChI=1S/C14H26N2O5/c1-10(7-13(3,4)15-9-18)16-12(19)21-14(5,6)20-11(2)8-17/h8-11H,7H2,1-6H3,(H,15,18)(H,16,19). The fourth-order valence-corrected chi connectivity index (χ4v) is 1.99. The van der Waals surface area contributed by atoms with E-state index in [4.69, 9.17) is 9.47 Å². The van der Waals surface area contributed by atoms with Gasteiger partial charge in [0.15, 0.2) is 0 Å². The highest BCUT2D eigenvalue weighted by atomic mass is 16.7. The van der Waals surface area contributed by atoms with Crippen LogP contribution in [-0.4, -0.2) is 42.3 Å². The summed E-state index contributed by atoms with van der Waals surface area (Å²) in [4.78, 5) is 32.8.